The van der Waals surface area contributed by atoms with Gasteiger partial charge < -0.3 is 9.88 Å². The van der Waals surface area contributed by atoms with Crippen LogP contribution in [0.15, 0.2) is 23.6 Å². The second-order valence-electron chi connectivity index (χ2n) is 5.33. The van der Waals surface area contributed by atoms with Crippen LogP contribution in [0.3, 0.4) is 0 Å². The molecule has 108 valence electrons. The Hall–Kier alpha value is -1.55. The summed E-state index contributed by atoms with van der Waals surface area (Å²) in [7, 11) is 0. The number of rotatable bonds is 5. The Morgan fingerprint density at radius 1 is 1.40 bits per heavy atom. The van der Waals surface area contributed by atoms with Crippen molar-refractivity contribution in [1.82, 2.24) is 9.88 Å². The molecule has 0 saturated heterocycles. The van der Waals surface area contributed by atoms with Crippen LogP contribution >= 0.6 is 11.3 Å². The number of carbonyl (C=O) groups is 1. The first-order valence-corrected chi connectivity index (χ1v) is 7.87. The molecule has 20 heavy (non-hydrogen) atoms. The van der Waals surface area contributed by atoms with Crippen molar-refractivity contribution in [2.45, 2.75) is 40.2 Å². The zero-order valence-electron chi connectivity index (χ0n) is 12.6. The molecule has 0 bridgehead atoms. The lowest BCUT2D eigenvalue weighted by Crippen LogP contribution is -2.26. The Morgan fingerprint density at radius 2 is 2.15 bits per heavy atom. The molecule has 2 aromatic heterocycles. The molecule has 0 unspecified atom stereocenters. The van der Waals surface area contributed by atoms with Gasteiger partial charge >= 0.3 is 0 Å². The third-order valence-corrected chi connectivity index (χ3v) is 4.42. The van der Waals surface area contributed by atoms with Crippen LogP contribution in [0.2, 0.25) is 0 Å². The molecular formula is C16H22N2OS. The van der Waals surface area contributed by atoms with E-state index in [4.69, 9.17) is 0 Å². The molecule has 3 nitrogen and oxygen atoms in total. The Kier molecular flexibility index (Phi) is 4.65. The summed E-state index contributed by atoms with van der Waals surface area (Å²) in [6.45, 7) is 9.03. The standard InChI is InChI=1S/C16H22N2OS/c1-11(2)18-12(3)10-15(13(18)4)16(19)17-8-7-14-6-5-9-20-14/h5-6,9-11H,7-8H2,1-4H3,(H,17,19). The van der Waals surface area contributed by atoms with Crippen LogP contribution in [0, 0.1) is 13.8 Å². The smallest absolute Gasteiger partial charge is 0.253 e. The van der Waals surface area contributed by atoms with Crippen molar-refractivity contribution in [2.75, 3.05) is 6.54 Å². The quantitative estimate of drug-likeness (QED) is 0.894. The number of thiophene rings is 1. The third-order valence-electron chi connectivity index (χ3n) is 3.48. The fraction of sp³-hybridized carbons (Fsp3) is 0.438. The molecule has 0 radical (unpaired) electrons. The van der Waals surface area contributed by atoms with Gasteiger partial charge in [-0.2, -0.15) is 0 Å². The number of aromatic nitrogens is 1. The van der Waals surface area contributed by atoms with Crippen molar-refractivity contribution in [3.8, 4) is 0 Å². The van der Waals surface area contributed by atoms with E-state index in [2.05, 4.69) is 42.1 Å². The summed E-state index contributed by atoms with van der Waals surface area (Å²) in [5, 5.41) is 5.07. The van der Waals surface area contributed by atoms with Gasteiger partial charge in [0.25, 0.3) is 5.91 Å². The van der Waals surface area contributed by atoms with Crippen molar-refractivity contribution >= 4 is 17.2 Å². The molecule has 0 fully saturated rings. The van der Waals surface area contributed by atoms with Gasteiger partial charge in [-0.15, -0.1) is 11.3 Å². The molecule has 4 heteroatoms. The number of nitrogens with one attached hydrogen (secondary N) is 1. The number of hydrogen-bond donors (Lipinski definition) is 1. The Balaban J connectivity index is 2.01. The van der Waals surface area contributed by atoms with Crippen molar-refractivity contribution in [2.24, 2.45) is 0 Å². The third kappa shape index (κ3) is 3.12. The maximum absolute atomic E-state index is 12.3. The van der Waals surface area contributed by atoms with Crippen molar-refractivity contribution < 1.29 is 4.79 Å². The van der Waals surface area contributed by atoms with Crippen LogP contribution in [0.25, 0.3) is 0 Å². The summed E-state index contributed by atoms with van der Waals surface area (Å²) < 4.78 is 2.20. The summed E-state index contributed by atoms with van der Waals surface area (Å²) in [6.07, 6.45) is 0.895. The average Bonchev–Trinajstić information content (AvgIpc) is 2.97. The normalized spacial score (nSPS) is 11.1. The summed E-state index contributed by atoms with van der Waals surface area (Å²) in [5.74, 6) is 0.0292. The molecule has 0 aliphatic carbocycles. The molecule has 2 heterocycles. The highest BCUT2D eigenvalue weighted by Gasteiger charge is 2.16. The summed E-state index contributed by atoms with van der Waals surface area (Å²) in [4.78, 5) is 13.6. The summed E-state index contributed by atoms with van der Waals surface area (Å²) in [6, 6.07) is 6.50. The molecular weight excluding hydrogens is 268 g/mol. The first kappa shape index (κ1) is 14.9. The van der Waals surface area contributed by atoms with E-state index in [9.17, 15) is 4.79 Å². The minimum absolute atomic E-state index is 0.0292. The van der Waals surface area contributed by atoms with Gasteiger partial charge in [0.05, 0.1) is 5.56 Å². The Morgan fingerprint density at radius 3 is 2.70 bits per heavy atom. The van der Waals surface area contributed by atoms with Gasteiger partial charge in [0.15, 0.2) is 0 Å². The van der Waals surface area contributed by atoms with E-state index in [0.717, 1.165) is 23.4 Å². The van der Waals surface area contributed by atoms with Crippen LogP contribution in [0.5, 0.6) is 0 Å². The van der Waals surface area contributed by atoms with Crippen LogP contribution in [-0.2, 0) is 6.42 Å². The van der Waals surface area contributed by atoms with E-state index in [1.54, 1.807) is 11.3 Å². The molecule has 1 amide bonds. The van der Waals surface area contributed by atoms with Crippen molar-refractivity contribution in [3.05, 3.63) is 45.4 Å². The molecule has 0 atom stereocenters. The minimum Gasteiger partial charge on any atom is -0.352 e. The molecule has 2 rings (SSSR count). The summed E-state index contributed by atoms with van der Waals surface area (Å²) >= 11 is 1.73. The number of amides is 1. The molecule has 0 aliphatic heterocycles. The molecule has 0 aromatic carbocycles. The Labute approximate surface area is 124 Å². The van der Waals surface area contributed by atoms with Crippen LogP contribution in [-0.4, -0.2) is 17.0 Å². The van der Waals surface area contributed by atoms with E-state index in [1.807, 2.05) is 19.1 Å². The van der Waals surface area contributed by atoms with Gasteiger partial charge in [-0.3, -0.25) is 4.79 Å². The van der Waals surface area contributed by atoms with Gasteiger partial charge in [0, 0.05) is 28.9 Å². The zero-order chi connectivity index (χ0) is 14.7. The molecule has 1 N–H and O–H groups in total. The number of nitrogens with zero attached hydrogens (tertiary/aromatic N) is 1. The van der Waals surface area contributed by atoms with E-state index in [1.165, 1.54) is 4.88 Å². The van der Waals surface area contributed by atoms with Crippen LogP contribution in [0.4, 0.5) is 0 Å². The van der Waals surface area contributed by atoms with Crippen molar-refractivity contribution in [1.29, 1.82) is 0 Å². The topological polar surface area (TPSA) is 34.0 Å². The molecule has 0 aliphatic rings. The van der Waals surface area contributed by atoms with E-state index in [0.29, 0.717) is 12.6 Å². The van der Waals surface area contributed by atoms with Crippen LogP contribution < -0.4 is 5.32 Å². The lowest BCUT2D eigenvalue weighted by atomic mass is 10.2. The number of carbonyl (C=O) groups excluding carboxylic acids is 1. The maximum Gasteiger partial charge on any atom is 0.253 e. The Bertz CT molecular complexity index is 582. The van der Waals surface area contributed by atoms with E-state index in [-0.39, 0.29) is 5.91 Å². The van der Waals surface area contributed by atoms with E-state index < -0.39 is 0 Å². The van der Waals surface area contributed by atoms with Crippen LogP contribution in [0.1, 0.15) is 46.5 Å². The van der Waals surface area contributed by atoms with Gasteiger partial charge in [0.2, 0.25) is 0 Å². The highest BCUT2D eigenvalue weighted by atomic mass is 32.1. The number of aryl methyl sites for hydroxylation is 1. The van der Waals surface area contributed by atoms with Gasteiger partial charge in [0.1, 0.15) is 0 Å². The predicted molar refractivity (Wildman–Crippen MR) is 84.6 cm³/mol. The second-order valence-corrected chi connectivity index (χ2v) is 6.37. The number of hydrogen-bond acceptors (Lipinski definition) is 2. The summed E-state index contributed by atoms with van der Waals surface area (Å²) in [5.41, 5.74) is 2.98. The minimum atomic E-state index is 0.0292. The maximum atomic E-state index is 12.3. The molecule has 0 spiro atoms. The van der Waals surface area contributed by atoms with Gasteiger partial charge in [-0.25, -0.2) is 0 Å². The first-order chi connectivity index (χ1) is 9.50. The van der Waals surface area contributed by atoms with Gasteiger partial charge in [-0.1, -0.05) is 6.07 Å². The fourth-order valence-electron chi connectivity index (χ4n) is 2.65. The highest BCUT2D eigenvalue weighted by molar-refractivity contribution is 7.09. The predicted octanol–water partition coefficient (Wildman–Crippen LogP) is 3.72. The first-order valence-electron chi connectivity index (χ1n) is 6.99. The van der Waals surface area contributed by atoms with Gasteiger partial charge in [-0.05, 0) is 51.6 Å². The average molecular weight is 290 g/mol. The fourth-order valence-corrected chi connectivity index (χ4v) is 3.36. The molecule has 2 aromatic rings. The van der Waals surface area contributed by atoms with Crippen molar-refractivity contribution in [3.63, 3.8) is 0 Å². The van der Waals surface area contributed by atoms with E-state index >= 15 is 0 Å². The lowest BCUT2D eigenvalue weighted by molar-refractivity contribution is 0.0953. The zero-order valence-corrected chi connectivity index (χ0v) is 13.4. The highest BCUT2D eigenvalue weighted by Crippen LogP contribution is 2.20. The lowest BCUT2D eigenvalue weighted by Gasteiger charge is -2.13. The SMILES string of the molecule is Cc1cc(C(=O)NCCc2cccs2)c(C)n1C(C)C. The monoisotopic (exact) mass is 290 g/mol. The largest absolute Gasteiger partial charge is 0.352 e. The molecule has 0 saturated carbocycles. The second kappa shape index (κ2) is 6.27.